The molecule has 0 aliphatic carbocycles. The molecule has 0 saturated heterocycles. The van der Waals surface area contributed by atoms with E-state index >= 15 is 0 Å². The molecule has 2 amide bonds. The first-order chi connectivity index (χ1) is 8.15. The highest BCUT2D eigenvalue weighted by molar-refractivity contribution is 5.97. The van der Waals surface area contributed by atoms with E-state index in [2.05, 4.69) is 10.6 Å². The van der Waals surface area contributed by atoms with Crippen LogP contribution in [0.15, 0.2) is 24.3 Å². The maximum absolute atomic E-state index is 11.8. The Bertz CT molecular complexity index is 404. The number of likely N-dealkylation sites (N-methyl/N-ethyl adjacent to an activating group) is 1. The normalized spacial score (nSPS) is 9.94. The van der Waals surface area contributed by atoms with Gasteiger partial charge in [0.1, 0.15) is 0 Å². The van der Waals surface area contributed by atoms with Gasteiger partial charge in [0.25, 0.3) is 5.91 Å². The lowest BCUT2D eigenvalue weighted by atomic mass is 10.0. The van der Waals surface area contributed by atoms with Crippen LogP contribution in [0.5, 0.6) is 0 Å². The van der Waals surface area contributed by atoms with Crippen LogP contribution in [0.2, 0.25) is 0 Å². The predicted octanol–water partition coefficient (Wildman–Crippen LogP) is -0.336. The summed E-state index contributed by atoms with van der Waals surface area (Å²) in [5, 5.41) is 5.51. The average Bonchev–Trinajstić information content (AvgIpc) is 2.33. The Kier molecular flexibility index (Phi) is 5.16. The van der Waals surface area contributed by atoms with Crippen LogP contribution >= 0.6 is 0 Å². The second-order valence-electron chi connectivity index (χ2n) is 3.66. The second kappa shape index (κ2) is 6.65. The zero-order valence-electron chi connectivity index (χ0n) is 9.82. The number of hydrogen-bond donors (Lipinski definition) is 3. The van der Waals surface area contributed by atoms with E-state index in [1.165, 1.54) is 0 Å². The molecule has 0 spiro atoms. The lowest BCUT2D eigenvalue weighted by molar-refractivity contribution is -0.117. The van der Waals surface area contributed by atoms with Crippen molar-refractivity contribution in [2.75, 3.05) is 20.1 Å². The number of primary amides is 1. The molecule has 1 aromatic rings. The highest BCUT2D eigenvalue weighted by Gasteiger charge is 2.10. The van der Waals surface area contributed by atoms with E-state index in [1.807, 2.05) is 19.2 Å². The summed E-state index contributed by atoms with van der Waals surface area (Å²) >= 11 is 0. The largest absolute Gasteiger partial charge is 0.368 e. The van der Waals surface area contributed by atoms with Gasteiger partial charge in [-0.15, -0.1) is 0 Å². The van der Waals surface area contributed by atoms with Gasteiger partial charge in [0, 0.05) is 5.56 Å². The summed E-state index contributed by atoms with van der Waals surface area (Å²) in [7, 11) is 1.86. The van der Waals surface area contributed by atoms with Gasteiger partial charge in [-0.05, 0) is 31.6 Å². The number of rotatable bonds is 6. The summed E-state index contributed by atoms with van der Waals surface area (Å²) in [6.45, 7) is 0.652. The van der Waals surface area contributed by atoms with Crippen LogP contribution in [0.3, 0.4) is 0 Å². The van der Waals surface area contributed by atoms with Gasteiger partial charge < -0.3 is 16.4 Å². The standard InChI is InChI=1S/C12H17N3O2/c1-14-7-6-9-4-2-3-5-10(9)12(17)15-8-11(13)16/h2-5,14H,6-8H2,1H3,(H2,13,16)(H,15,17). The summed E-state index contributed by atoms with van der Waals surface area (Å²) in [6.07, 6.45) is 0.761. The molecule has 0 atom stereocenters. The summed E-state index contributed by atoms with van der Waals surface area (Å²) in [4.78, 5) is 22.4. The predicted molar refractivity (Wildman–Crippen MR) is 65.6 cm³/mol. The molecule has 5 heteroatoms. The molecule has 0 aliphatic rings. The Morgan fingerprint density at radius 3 is 2.65 bits per heavy atom. The monoisotopic (exact) mass is 235 g/mol. The Balaban J connectivity index is 2.74. The van der Waals surface area contributed by atoms with E-state index in [4.69, 9.17) is 5.73 Å². The third kappa shape index (κ3) is 4.24. The third-order valence-corrected chi connectivity index (χ3v) is 2.33. The molecule has 1 rings (SSSR count). The van der Waals surface area contributed by atoms with E-state index in [9.17, 15) is 9.59 Å². The Morgan fingerprint density at radius 1 is 1.29 bits per heavy atom. The third-order valence-electron chi connectivity index (χ3n) is 2.33. The van der Waals surface area contributed by atoms with Crippen molar-refractivity contribution in [3.63, 3.8) is 0 Å². The minimum atomic E-state index is -0.550. The Morgan fingerprint density at radius 2 is 2.00 bits per heavy atom. The van der Waals surface area contributed by atoms with E-state index in [1.54, 1.807) is 12.1 Å². The highest BCUT2D eigenvalue weighted by atomic mass is 16.2. The van der Waals surface area contributed by atoms with Crippen LogP contribution in [-0.2, 0) is 11.2 Å². The van der Waals surface area contributed by atoms with Crippen LogP contribution in [0.25, 0.3) is 0 Å². The summed E-state index contributed by atoms with van der Waals surface area (Å²) in [5.74, 6) is -0.818. The van der Waals surface area contributed by atoms with Gasteiger partial charge in [-0.1, -0.05) is 18.2 Å². The van der Waals surface area contributed by atoms with Crippen molar-refractivity contribution >= 4 is 11.8 Å². The molecule has 5 nitrogen and oxygen atoms in total. The van der Waals surface area contributed by atoms with Crippen molar-refractivity contribution in [1.82, 2.24) is 10.6 Å². The number of benzene rings is 1. The van der Waals surface area contributed by atoms with Crippen molar-refractivity contribution in [3.05, 3.63) is 35.4 Å². The molecule has 1 aromatic carbocycles. The fraction of sp³-hybridized carbons (Fsp3) is 0.333. The molecular weight excluding hydrogens is 218 g/mol. The number of nitrogens with two attached hydrogens (primary N) is 1. The van der Waals surface area contributed by atoms with Crippen molar-refractivity contribution < 1.29 is 9.59 Å². The van der Waals surface area contributed by atoms with E-state index in [0.717, 1.165) is 18.5 Å². The molecule has 0 aliphatic heterocycles. The lowest BCUT2D eigenvalue weighted by Gasteiger charge is -2.09. The van der Waals surface area contributed by atoms with Gasteiger partial charge >= 0.3 is 0 Å². The Hall–Kier alpha value is -1.88. The number of amides is 2. The van der Waals surface area contributed by atoms with Gasteiger partial charge in [-0.2, -0.15) is 0 Å². The van der Waals surface area contributed by atoms with E-state index in [0.29, 0.717) is 5.56 Å². The maximum Gasteiger partial charge on any atom is 0.251 e. The molecule has 0 fully saturated rings. The summed E-state index contributed by atoms with van der Waals surface area (Å²) in [6, 6.07) is 7.32. The fourth-order valence-corrected chi connectivity index (χ4v) is 1.48. The van der Waals surface area contributed by atoms with Crippen LogP contribution in [0.1, 0.15) is 15.9 Å². The van der Waals surface area contributed by atoms with Crippen molar-refractivity contribution in [3.8, 4) is 0 Å². The topological polar surface area (TPSA) is 84.2 Å². The van der Waals surface area contributed by atoms with Crippen LogP contribution < -0.4 is 16.4 Å². The number of hydrogen-bond acceptors (Lipinski definition) is 3. The van der Waals surface area contributed by atoms with E-state index in [-0.39, 0.29) is 12.5 Å². The molecule has 0 aromatic heterocycles. The van der Waals surface area contributed by atoms with Crippen LogP contribution in [0.4, 0.5) is 0 Å². The van der Waals surface area contributed by atoms with Gasteiger partial charge in [0.05, 0.1) is 6.54 Å². The summed E-state index contributed by atoms with van der Waals surface area (Å²) in [5.41, 5.74) is 6.51. The van der Waals surface area contributed by atoms with Gasteiger partial charge in [0.2, 0.25) is 5.91 Å². The minimum absolute atomic E-state index is 0.140. The molecular formula is C12H17N3O2. The smallest absolute Gasteiger partial charge is 0.251 e. The fourth-order valence-electron chi connectivity index (χ4n) is 1.48. The molecule has 0 radical (unpaired) electrons. The van der Waals surface area contributed by atoms with Gasteiger partial charge in [-0.25, -0.2) is 0 Å². The molecule has 4 N–H and O–H groups in total. The lowest BCUT2D eigenvalue weighted by Crippen LogP contribution is -2.33. The molecule has 0 unspecified atom stereocenters. The zero-order valence-corrected chi connectivity index (χ0v) is 9.82. The van der Waals surface area contributed by atoms with Gasteiger partial charge in [0.15, 0.2) is 0 Å². The first kappa shape index (κ1) is 13.2. The molecule has 0 bridgehead atoms. The number of carbonyl (C=O) groups excluding carboxylic acids is 2. The zero-order chi connectivity index (χ0) is 12.7. The van der Waals surface area contributed by atoms with Crippen molar-refractivity contribution in [1.29, 1.82) is 0 Å². The van der Waals surface area contributed by atoms with Gasteiger partial charge in [-0.3, -0.25) is 9.59 Å². The molecule has 17 heavy (non-hydrogen) atoms. The Labute approximate surface area is 100 Å². The first-order valence-electron chi connectivity index (χ1n) is 5.44. The molecule has 0 saturated carbocycles. The highest BCUT2D eigenvalue weighted by Crippen LogP contribution is 2.08. The number of nitrogens with one attached hydrogen (secondary N) is 2. The quantitative estimate of drug-likeness (QED) is 0.631. The summed E-state index contributed by atoms with van der Waals surface area (Å²) < 4.78 is 0. The first-order valence-corrected chi connectivity index (χ1v) is 5.44. The number of carbonyl (C=O) groups is 2. The second-order valence-corrected chi connectivity index (χ2v) is 3.66. The molecule has 0 heterocycles. The molecule has 92 valence electrons. The van der Waals surface area contributed by atoms with Crippen molar-refractivity contribution in [2.24, 2.45) is 5.73 Å². The van der Waals surface area contributed by atoms with Crippen molar-refractivity contribution in [2.45, 2.75) is 6.42 Å². The minimum Gasteiger partial charge on any atom is -0.368 e. The average molecular weight is 235 g/mol. The maximum atomic E-state index is 11.8. The van der Waals surface area contributed by atoms with E-state index < -0.39 is 5.91 Å². The SMILES string of the molecule is CNCCc1ccccc1C(=O)NCC(N)=O. The van der Waals surface area contributed by atoms with Crippen LogP contribution in [0, 0.1) is 0 Å². The van der Waals surface area contributed by atoms with Crippen LogP contribution in [-0.4, -0.2) is 32.0 Å².